The van der Waals surface area contributed by atoms with Gasteiger partial charge in [-0.15, -0.1) is 0 Å². The summed E-state index contributed by atoms with van der Waals surface area (Å²) in [6.07, 6.45) is 6.41. The lowest BCUT2D eigenvalue weighted by Gasteiger charge is -2.35. The molecule has 1 saturated carbocycles. The molecule has 1 aliphatic carbocycles. The Bertz CT molecular complexity index is 305. The third-order valence-electron chi connectivity index (χ3n) is 4.95. The summed E-state index contributed by atoms with van der Waals surface area (Å²) in [4.78, 5) is 14.6. The number of likely N-dealkylation sites (tertiary alicyclic amines) is 1. The molecule has 4 nitrogen and oxygen atoms in total. The Morgan fingerprint density at radius 2 is 1.95 bits per heavy atom. The minimum atomic E-state index is -0.587. The van der Waals surface area contributed by atoms with Crippen molar-refractivity contribution in [3.63, 3.8) is 0 Å². The molecule has 2 rings (SSSR count). The van der Waals surface area contributed by atoms with E-state index < -0.39 is 5.54 Å². The van der Waals surface area contributed by atoms with Gasteiger partial charge in [-0.1, -0.05) is 19.8 Å². The molecule has 0 aromatic carbocycles. The first-order chi connectivity index (χ1) is 9.01. The molecule has 0 bridgehead atoms. The van der Waals surface area contributed by atoms with E-state index in [1.165, 1.54) is 12.8 Å². The number of carbonyl (C=O) groups excluding carboxylic acids is 1. The Hall–Kier alpha value is -0.610. The Kier molecular flexibility index (Phi) is 4.85. The molecule has 0 aromatic rings. The van der Waals surface area contributed by atoms with E-state index in [-0.39, 0.29) is 5.91 Å². The lowest BCUT2D eigenvalue weighted by molar-refractivity contribution is -0.126. The van der Waals surface area contributed by atoms with Gasteiger partial charge < -0.3 is 11.1 Å². The molecule has 1 aliphatic heterocycles. The summed E-state index contributed by atoms with van der Waals surface area (Å²) >= 11 is 0. The fraction of sp³-hybridized carbons (Fsp3) is 0.933. The van der Waals surface area contributed by atoms with Crippen molar-refractivity contribution in [2.45, 2.75) is 64.0 Å². The Morgan fingerprint density at radius 1 is 1.37 bits per heavy atom. The molecule has 1 atom stereocenters. The second-order valence-corrected chi connectivity index (χ2v) is 6.64. The summed E-state index contributed by atoms with van der Waals surface area (Å²) in [6, 6.07) is 0.418. The number of nitrogens with one attached hydrogen (secondary N) is 1. The maximum absolute atomic E-state index is 12.2. The zero-order valence-electron chi connectivity index (χ0n) is 12.5. The summed E-state index contributed by atoms with van der Waals surface area (Å²) in [5.74, 6) is 0.908. The number of nitrogens with zero attached hydrogens (tertiary/aromatic N) is 1. The van der Waals surface area contributed by atoms with E-state index in [0.29, 0.717) is 6.04 Å². The number of amides is 1. The highest BCUT2D eigenvalue weighted by molar-refractivity contribution is 5.86. The van der Waals surface area contributed by atoms with Gasteiger partial charge >= 0.3 is 0 Å². The Morgan fingerprint density at radius 3 is 2.53 bits per heavy atom. The quantitative estimate of drug-likeness (QED) is 0.811. The normalized spacial score (nSPS) is 26.3. The molecule has 1 unspecified atom stereocenters. The van der Waals surface area contributed by atoms with Gasteiger partial charge in [-0.05, 0) is 51.6 Å². The van der Waals surface area contributed by atoms with Crippen LogP contribution in [0.5, 0.6) is 0 Å². The predicted molar refractivity (Wildman–Crippen MR) is 77.8 cm³/mol. The van der Waals surface area contributed by atoms with Crippen LogP contribution in [0.1, 0.15) is 52.4 Å². The highest BCUT2D eigenvalue weighted by Gasteiger charge is 2.37. The van der Waals surface area contributed by atoms with Crippen molar-refractivity contribution in [3.05, 3.63) is 0 Å². The van der Waals surface area contributed by atoms with Crippen LogP contribution in [0.3, 0.4) is 0 Å². The van der Waals surface area contributed by atoms with Crippen LogP contribution >= 0.6 is 0 Å². The summed E-state index contributed by atoms with van der Waals surface area (Å²) in [5, 5.41) is 3.07. The van der Waals surface area contributed by atoms with E-state index >= 15 is 0 Å². The summed E-state index contributed by atoms with van der Waals surface area (Å²) in [7, 11) is 0. The molecule has 0 radical (unpaired) electrons. The van der Waals surface area contributed by atoms with Crippen molar-refractivity contribution in [1.82, 2.24) is 10.2 Å². The number of hydrogen-bond acceptors (Lipinski definition) is 3. The van der Waals surface area contributed by atoms with E-state index in [1.54, 1.807) is 0 Å². The van der Waals surface area contributed by atoms with Crippen LogP contribution in [0.25, 0.3) is 0 Å². The van der Waals surface area contributed by atoms with E-state index in [2.05, 4.69) is 24.1 Å². The third-order valence-corrected chi connectivity index (χ3v) is 4.95. The lowest BCUT2D eigenvalue weighted by Crippen LogP contribution is -2.54. The minimum Gasteiger partial charge on any atom is -0.353 e. The largest absolute Gasteiger partial charge is 0.353 e. The zero-order valence-corrected chi connectivity index (χ0v) is 12.5. The van der Waals surface area contributed by atoms with Crippen molar-refractivity contribution in [3.8, 4) is 0 Å². The lowest BCUT2D eigenvalue weighted by atomic mass is 9.97. The van der Waals surface area contributed by atoms with Gasteiger partial charge in [0.25, 0.3) is 0 Å². The average Bonchev–Trinajstić information content (AvgIpc) is 2.84. The minimum absolute atomic E-state index is 0.0576. The van der Waals surface area contributed by atoms with Gasteiger partial charge in [0, 0.05) is 12.6 Å². The van der Waals surface area contributed by atoms with Gasteiger partial charge in [0.15, 0.2) is 0 Å². The number of hydrogen-bond donors (Lipinski definition) is 2. The van der Waals surface area contributed by atoms with E-state index in [1.807, 2.05) is 0 Å². The zero-order chi connectivity index (χ0) is 13.9. The van der Waals surface area contributed by atoms with Gasteiger partial charge in [0.2, 0.25) is 5.91 Å². The summed E-state index contributed by atoms with van der Waals surface area (Å²) < 4.78 is 0. The van der Waals surface area contributed by atoms with Crippen LogP contribution in [-0.2, 0) is 4.79 Å². The van der Waals surface area contributed by atoms with Crippen LogP contribution in [-0.4, -0.2) is 42.0 Å². The molecule has 1 saturated heterocycles. The molecule has 0 spiro atoms. The van der Waals surface area contributed by atoms with Crippen LogP contribution in [0.15, 0.2) is 0 Å². The Labute approximate surface area is 117 Å². The summed E-state index contributed by atoms with van der Waals surface area (Å²) in [5.41, 5.74) is 5.57. The van der Waals surface area contributed by atoms with Crippen LogP contribution in [0.4, 0.5) is 0 Å². The van der Waals surface area contributed by atoms with Crippen molar-refractivity contribution >= 4 is 5.91 Å². The molecule has 2 aliphatic rings. The van der Waals surface area contributed by atoms with Crippen LogP contribution < -0.4 is 11.1 Å². The highest BCUT2D eigenvalue weighted by Crippen LogP contribution is 2.27. The Balaban J connectivity index is 1.74. The third kappa shape index (κ3) is 3.69. The molecular formula is C15H29N3O. The fourth-order valence-electron chi connectivity index (χ4n) is 3.25. The molecule has 1 heterocycles. The number of rotatable bonds is 4. The van der Waals surface area contributed by atoms with Crippen molar-refractivity contribution in [1.29, 1.82) is 0 Å². The monoisotopic (exact) mass is 267 g/mol. The summed E-state index contributed by atoms with van der Waals surface area (Å²) in [6.45, 7) is 7.57. The van der Waals surface area contributed by atoms with Crippen molar-refractivity contribution < 1.29 is 4.79 Å². The van der Waals surface area contributed by atoms with E-state index in [0.717, 1.165) is 51.2 Å². The molecular weight excluding hydrogens is 238 g/mol. The first-order valence-electron chi connectivity index (χ1n) is 7.82. The first-order valence-corrected chi connectivity index (χ1v) is 7.82. The van der Waals surface area contributed by atoms with Gasteiger partial charge in [0.05, 0.1) is 5.54 Å². The molecule has 2 fully saturated rings. The van der Waals surface area contributed by atoms with Gasteiger partial charge in [-0.2, -0.15) is 0 Å². The van der Waals surface area contributed by atoms with Gasteiger partial charge in [-0.3, -0.25) is 9.69 Å². The number of piperidine rings is 1. The van der Waals surface area contributed by atoms with Crippen molar-refractivity contribution in [2.24, 2.45) is 11.7 Å². The predicted octanol–water partition coefficient (Wildman–Crippen LogP) is 1.49. The molecule has 110 valence electrons. The molecule has 0 aromatic heterocycles. The van der Waals surface area contributed by atoms with Crippen LogP contribution in [0, 0.1) is 5.92 Å². The molecule has 19 heavy (non-hydrogen) atoms. The van der Waals surface area contributed by atoms with Gasteiger partial charge in [-0.25, -0.2) is 0 Å². The highest BCUT2D eigenvalue weighted by atomic mass is 16.2. The smallest absolute Gasteiger partial charge is 0.240 e. The molecule has 4 heteroatoms. The van der Waals surface area contributed by atoms with E-state index in [4.69, 9.17) is 5.73 Å². The standard InChI is InChI=1S/C15H29N3O/c1-12-5-9-18(10-6-12)13(2)11-17-14(19)15(16)7-3-4-8-15/h12-13H,3-11,16H2,1-2H3,(H,17,19). The molecule has 3 N–H and O–H groups in total. The second kappa shape index (κ2) is 6.23. The fourth-order valence-corrected chi connectivity index (χ4v) is 3.25. The first kappa shape index (κ1) is 14.8. The molecule has 1 amide bonds. The van der Waals surface area contributed by atoms with E-state index in [9.17, 15) is 4.79 Å². The topological polar surface area (TPSA) is 58.4 Å². The second-order valence-electron chi connectivity index (χ2n) is 6.64. The maximum atomic E-state index is 12.2. The number of nitrogens with two attached hydrogens (primary N) is 1. The maximum Gasteiger partial charge on any atom is 0.240 e. The van der Waals surface area contributed by atoms with Crippen molar-refractivity contribution in [2.75, 3.05) is 19.6 Å². The number of carbonyl (C=O) groups is 1. The van der Waals surface area contributed by atoms with Crippen LogP contribution in [0.2, 0.25) is 0 Å². The average molecular weight is 267 g/mol. The van der Waals surface area contributed by atoms with Gasteiger partial charge in [0.1, 0.15) is 0 Å². The SMILES string of the molecule is CC1CCN(C(C)CNC(=O)C2(N)CCCC2)CC1.